The van der Waals surface area contributed by atoms with E-state index in [1.54, 1.807) is 13.0 Å². The molecular formula is C12H19NO4. The Morgan fingerprint density at radius 3 is 2.59 bits per heavy atom. The molecule has 0 spiro atoms. The fourth-order valence-corrected chi connectivity index (χ4v) is 1.49. The van der Waals surface area contributed by atoms with Gasteiger partial charge in [0, 0.05) is 6.54 Å². The Morgan fingerprint density at radius 2 is 2.12 bits per heavy atom. The number of nitrogens with zero attached hydrogens (tertiary/aromatic N) is 1. The van der Waals surface area contributed by atoms with Crippen LogP contribution in [0.3, 0.4) is 0 Å². The first-order valence-electron chi connectivity index (χ1n) is 5.63. The molecule has 2 N–H and O–H groups in total. The van der Waals surface area contributed by atoms with Crippen LogP contribution in [-0.4, -0.2) is 40.8 Å². The quantitative estimate of drug-likeness (QED) is 0.793. The van der Waals surface area contributed by atoms with E-state index in [2.05, 4.69) is 0 Å². The molecule has 96 valence electrons. The molecule has 0 fully saturated rings. The molecule has 0 aliphatic carbocycles. The Hall–Kier alpha value is -1.33. The molecule has 0 radical (unpaired) electrons. The predicted octanol–water partition coefficient (Wildman–Crippen LogP) is 1.74. The van der Waals surface area contributed by atoms with Crippen molar-refractivity contribution >= 4 is 5.97 Å². The summed E-state index contributed by atoms with van der Waals surface area (Å²) in [7, 11) is 1.91. The molecule has 17 heavy (non-hydrogen) atoms. The summed E-state index contributed by atoms with van der Waals surface area (Å²) in [6.45, 7) is 4.41. The van der Waals surface area contributed by atoms with Crippen LogP contribution in [0.2, 0.25) is 0 Å². The maximum atomic E-state index is 10.7. The fourth-order valence-electron chi connectivity index (χ4n) is 1.49. The van der Waals surface area contributed by atoms with Gasteiger partial charge in [0.05, 0.1) is 12.1 Å². The Balaban J connectivity index is 2.61. The Labute approximate surface area is 101 Å². The number of carboxylic acids is 1. The summed E-state index contributed by atoms with van der Waals surface area (Å²) in [5.41, 5.74) is 0. The van der Waals surface area contributed by atoms with E-state index in [4.69, 9.17) is 9.52 Å². The molecule has 0 bridgehead atoms. The topological polar surface area (TPSA) is 73.9 Å². The normalized spacial score (nSPS) is 14.9. The molecule has 0 aromatic carbocycles. The van der Waals surface area contributed by atoms with Crippen LogP contribution in [0.4, 0.5) is 0 Å². The Morgan fingerprint density at radius 1 is 1.47 bits per heavy atom. The van der Waals surface area contributed by atoms with Crippen molar-refractivity contribution in [2.75, 3.05) is 13.6 Å². The number of aliphatic hydroxyl groups is 1. The molecule has 0 saturated heterocycles. The summed E-state index contributed by atoms with van der Waals surface area (Å²) in [4.78, 5) is 12.7. The highest BCUT2D eigenvalue weighted by atomic mass is 16.4. The molecule has 1 rings (SSSR count). The smallest absolute Gasteiger partial charge is 0.371 e. The molecule has 0 saturated carbocycles. The lowest BCUT2D eigenvalue weighted by molar-refractivity contribution is 0.0656. The van der Waals surface area contributed by atoms with Gasteiger partial charge in [-0.15, -0.1) is 0 Å². The minimum atomic E-state index is -1.06. The van der Waals surface area contributed by atoms with Gasteiger partial charge in [0.15, 0.2) is 0 Å². The number of rotatable bonds is 6. The van der Waals surface area contributed by atoms with Gasteiger partial charge in [0.2, 0.25) is 5.76 Å². The maximum absolute atomic E-state index is 10.7. The van der Waals surface area contributed by atoms with Gasteiger partial charge in [-0.1, -0.05) is 0 Å². The lowest BCUT2D eigenvalue weighted by Gasteiger charge is -2.23. The van der Waals surface area contributed by atoms with Crippen molar-refractivity contribution in [1.29, 1.82) is 0 Å². The monoisotopic (exact) mass is 241 g/mol. The van der Waals surface area contributed by atoms with Crippen molar-refractivity contribution in [3.63, 3.8) is 0 Å². The van der Waals surface area contributed by atoms with E-state index in [-0.39, 0.29) is 17.9 Å². The number of hydrogen-bond donors (Lipinski definition) is 2. The Kier molecular flexibility index (Phi) is 4.72. The molecule has 5 heteroatoms. The first kappa shape index (κ1) is 13.7. The largest absolute Gasteiger partial charge is 0.475 e. The van der Waals surface area contributed by atoms with E-state index in [1.807, 2.05) is 18.9 Å². The standard InChI is InChI=1S/C12H19NO4/c1-8(14)6-7-13(3)9(2)10-4-5-11(17-10)12(15)16/h4-5,8-9,14H,6-7H2,1-3H3,(H,15,16). The molecule has 5 nitrogen and oxygen atoms in total. The maximum Gasteiger partial charge on any atom is 0.371 e. The van der Waals surface area contributed by atoms with Gasteiger partial charge >= 0.3 is 5.97 Å². The second-order valence-electron chi connectivity index (χ2n) is 4.30. The molecule has 0 aliphatic rings. The van der Waals surface area contributed by atoms with E-state index in [0.717, 1.165) is 6.54 Å². The van der Waals surface area contributed by atoms with Crippen LogP contribution >= 0.6 is 0 Å². The highest BCUT2D eigenvalue weighted by molar-refractivity contribution is 5.84. The summed E-state index contributed by atoms with van der Waals surface area (Å²) in [6, 6.07) is 3.12. The zero-order valence-electron chi connectivity index (χ0n) is 10.4. The molecule has 1 aromatic heterocycles. The molecule has 2 unspecified atom stereocenters. The molecule has 0 aliphatic heterocycles. The van der Waals surface area contributed by atoms with Gasteiger partial charge in [0.1, 0.15) is 5.76 Å². The SMILES string of the molecule is CC(O)CCN(C)C(C)c1ccc(C(=O)O)o1. The number of carboxylic acid groups (broad SMARTS) is 1. The van der Waals surface area contributed by atoms with Crippen molar-refractivity contribution in [2.45, 2.75) is 32.4 Å². The Bertz CT molecular complexity index is 372. The summed E-state index contributed by atoms with van der Waals surface area (Å²) < 4.78 is 5.23. The van der Waals surface area contributed by atoms with E-state index < -0.39 is 5.97 Å². The zero-order valence-corrected chi connectivity index (χ0v) is 10.4. The van der Waals surface area contributed by atoms with Crippen molar-refractivity contribution in [3.05, 3.63) is 23.7 Å². The minimum Gasteiger partial charge on any atom is -0.475 e. The van der Waals surface area contributed by atoms with E-state index in [0.29, 0.717) is 12.2 Å². The number of furan rings is 1. The zero-order chi connectivity index (χ0) is 13.0. The van der Waals surface area contributed by atoms with Gasteiger partial charge in [-0.3, -0.25) is 4.90 Å². The van der Waals surface area contributed by atoms with E-state index in [9.17, 15) is 9.90 Å². The fraction of sp³-hybridized carbons (Fsp3) is 0.583. The predicted molar refractivity (Wildman–Crippen MR) is 63.0 cm³/mol. The van der Waals surface area contributed by atoms with Crippen LogP contribution in [0, 0.1) is 0 Å². The van der Waals surface area contributed by atoms with Gasteiger partial charge < -0.3 is 14.6 Å². The second kappa shape index (κ2) is 5.84. The van der Waals surface area contributed by atoms with Crippen LogP contribution in [0.15, 0.2) is 16.5 Å². The number of aliphatic hydroxyl groups excluding tert-OH is 1. The highest BCUT2D eigenvalue weighted by Gasteiger charge is 2.17. The van der Waals surface area contributed by atoms with Gasteiger partial charge in [-0.05, 0) is 39.4 Å². The molecule has 2 atom stereocenters. The third kappa shape index (κ3) is 3.87. The molecule has 1 aromatic rings. The first-order valence-corrected chi connectivity index (χ1v) is 5.63. The third-order valence-corrected chi connectivity index (χ3v) is 2.81. The molecular weight excluding hydrogens is 222 g/mol. The van der Waals surface area contributed by atoms with E-state index >= 15 is 0 Å². The second-order valence-corrected chi connectivity index (χ2v) is 4.30. The van der Waals surface area contributed by atoms with Crippen LogP contribution in [-0.2, 0) is 0 Å². The summed E-state index contributed by atoms with van der Waals surface area (Å²) >= 11 is 0. The van der Waals surface area contributed by atoms with E-state index in [1.165, 1.54) is 6.07 Å². The average Bonchev–Trinajstić information content (AvgIpc) is 2.73. The summed E-state index contributed by atoms with van der Waals surface area (Å²) in [5, 5.41) is 18.0. The molecule has 0 amide bonds. The van der Waals surface area contributed by atoms with Crippen LogP contribution in [0.1, 0.15) is 42.6 Å². The van der Waals surface area contributed by atoms with Crippen LogP contribution < -0.4 is 0 Å². The van der Waals surface area contributed by atoms with Crippen molar-refractivity contribution in [1.82, 2.24) is 4.90 Å². The molecule has 1 heterocycles. The summed E-state index contributed by atoms with van der Waals surface area (Å²) in [6.07, 6.45) is 0.337. The first-order chi connectivity index (χ1) is 7.91. The number of carbonyl (C=O) groups is 1. The average molecular weight is 241 g/mol. The lowest BCUT2D eigenvalue weighted by atomic mass is 10.2. The summed E-state index contributed by atoms with van der Waals surface area (Å²) in [5.74, 6) is -0.485. The van der Waals surface area contributed by atoms with Gasteiger partial charge in [-0.25, -0.2) is 4.79 Å². The lowest BCUT2D eigenvalue weighted by Crippen LogP contribution is -2.25. The highest BCUT2D eigenvalue weighted by Crippen LogP contribution is 2.21. The number of aromatic carboxylic acids is 1. The van der Waals surface area contributed by atoms with Crippen molar-refractivity contribution in [3.8, 4) is 0 Å². The van der Waals surface area contributed by atoms with Crippen LogP contribution in [0.25, 0.3) is 0 Å². The van der Waals surface area contributed by atoms with Gasteiger partial charge in [-0.2, -0.15) is 0 Å². The van der Waals surface area contributed by atoms with Crippen LogP contribution in [0.5, 0.6) is 0 Å². The minimum absolute atomic E-state index is 0.0122. The van der Waals surface area contributed by atoms with Crippen molar-refractivity contribution < 1.29 is 19.4 Å². The third-order valence-electron chi connectivity index (χ3n) is 2.81. The number of hydrogen-bond acceptors (Lipinski definition) is 4. The van der Waals surface area contributed by atoms with Crippen molar-refractivity contribution in [2.24, 2.45) is 0 Å². The van der Waals surface area contributed by atoms with Gasteiger partial charge in [0.25, 0.3) is 0 Å².